The van der Waals surface area contributed by atoms with Gasteiger partial charge in [-0.15, -0.1) is 0 Å². The number of esters is 1. The molecule has 0 spiro atoms. The summed E-state index contributed by atoms with van der Waals surface area (Å²) in [5.41, 5.74) is 6.27. The first-order valence-corrected chi connectivity index (χ1v) is 22.6. The topological polar surface area (TPSA) is 299 Å². The second kappa shape index (κ2) is 27.4. The van der Waals surface area contributed by atoms with Crippen molar-refractivity contribution in [2.45, 2.75) is 177 Å². The van der Waals surface area contributed by atoms with Gasteiger partial charge in [-0.05, 0) is 39.0 Å². The quantitative estimate of drug-likeness (QED) is 0.180. The number of fused-ring (bicyclic) bond motifs is 2. The van der Waals surface area contributed by atoms with Crippen LogP contribution in [0.5, 0.6) is 0 Å². The molecular weight excluding hydrogens is 847 g/mol. The Hall–Kier alpha value is -3.40. The molecule has 2 fully saturated rings. The summed E-state index contributed by atoms with van der Waals surface area (Å²) in [4.78, 5) is 25.1. The maximum Gasteiger partial charge on any atom is 0.311 e. The zero-order valence-corrected chi connectivity index (χ0v) is 38.1. The zero-order chi connectivity index (χ0) is 48.4. The molecule has 0 aromatic heterocycles. The molecule has 0 aliphatic carbocycles. The van der Waals surface area contributed by atoms with E-state index in [0.717, 1.165) is 0 Å². The summed E-state index contributed by atoms with van der Waals surface area (Å²) in [6, 6.07) is -0.704. The summed E-state index contributed by atoms with van der Waals surface area (Å²) < 4.78 is 23.6. The van der Waals surface area contributed by atoms with Gasteiger partial charge in [0.2, 0.25) is 0 Å². The van der Waals surface area contributed by atoms with Gasteiger partial charge in [0.15, 0.2) is 12.1 Å². The molecule has 3 aliphatic rings. The number of ether oxygens (including phenoxy) is 4. The normalized spacial score (nSPS) is 45.5. The highest BCUT2D eigenvalue weighted by molar-refractivity contribution is 5.71. The van der Waals surface area contributed by atoms with Gasteiger partial charge >= 0.3 is 11.9 Å². The Bertz CT molecular complexity index is 1660. The van der Waals surface area contributed by atoms with E-state index in [9.17, 15) is 60.7 Å². The van der Waals surface area contributed by atoms with Crippen LogP contribution >= 0.6 is 0 Å². The average molecular weight is 922 g/mol. The number of aliphatic hydroxyl groups excluding tert-OH is 8. The first-order valence-electron chi connectivity index (χ1n) is 22.6. The third-order valence-corrected chi connectivity index (χ3v) is 12.5. The predicted molar refractivity (Wildman–Crippen MR) is 240 cm³/mol. The lowest BCUT2D eigenvalue weighted by molar-refractivity contribution is -0.307. The van der Waals surface area contributed by atoms with E-state index in [1.54, 1.807) is 69.4 Å². The van der Waals surface area contributed by atoms with Crippen LogP contribution in [0.3, 0.4) is 0 Å². The van der Waals surface area contributed by atoms with Crippen molar-refractivity contribution >= 4 is 11.9 Å². The van der Waals surface area contributed by atoms with Crippen molar-refractivity contribution in [3.63, 3.8) is 0 Å². The van der Waals surface area contributed by atoms with Gasteiger partial charge in [0, 0.05) is 43.6 Å². The molecule has 17 heteroatoms. The molecule has 0 aromatic carbocycles. The van der Waals surface area contributed by atoms with Crippen molar-refractivity contribution in [2.24, 2.45) is 29.4 Å². The monoisotopic (exact) mass is 922 g/mol. The highest BCUT2D eigenvalue weighted by Gasteiger charge is 2.51. The number of carboxylic acids is 1. The lowest BCUT2D eigenvalue weighted by Gasteiger charge is -2.45. The fourth-order valence-electron chi connectivity index (χ4n) is 8.12. The molecule has 0 radical (unpaired) electrons. The van der Waals surface area contributed by atoms with Crippen molar-refractivity contribution in [3.05, 3.63) is 85.1 Å². The molecule has 3 heterocycles. The third-order valence-electron chi connectivity index (χ3n) is 12.5. The minimum atomic E-state index is -2.29. The number of carbonyl (C=O) groups excluding carboxylic acids is 1. The molecule has 2 saturated heterocycles. The van der Waals surface area contributed by atoms with E-state index in [-0.39, 0.29) is 37.5 Å². The molecule has 3 aliphatic heterocycles. The smallest absolute Gasteiger partial charge is 0.311 e. The number of aliphatic hydroxyl groups is 9. The van der Waals surface area contributed by atoms with Gasteiger partial charge < -0.3 is 75.7 Å². The van der Waals surface area contributed by atoms with E-state index < -0.39 is 141 Å². The van der Waals surface area contributed by atoms with E-state index in [4.69, 9.17) is 24.7 Å². The molecule has 368 valence electrons. The molecule has 12 N–H and O–H groups in total. The number of allylic oxidation sites excluding steroid dienone is 12. The summed E-state index contributed by atoms with van der Waals surface area (Å²) in [6.45, 7) is 8.84. The van der Waals surface area contributed by atoms with E-state index in [2.05, 4.69) is 0 Å². The predicted octanol–water partition coefficient (Wildman–Crippen LogP) is 1.99. The third kappa shape index (κ3) is 18.7. The Kier molecular flexibility index (Phi) is 23.6. The largest absolute Gasteiger partial charge is 0.481 e. The number of carbonyl (C=O) groups is 2. The Balaban J connectivity index is 1.86. The molecule has 0 aromatic rings. The van der Waals surface area contributed by atoms with E-state index in [1.165, 1.54) is 0 Å². The van der Waals surface area contributed by atoms with Gasteiger partial charge in [0.1, 0.15) is 18.1 Å². The van der Waals surface area contributed by atoms with E-state index in [1.807, 2.05) is 50.3 Å². The van der Waals surface area contributed by atoms with E-state index >= 15 is 0 Å². The summed E-state index contributed by atoms with van der Waals surface area (Å²) in [5, 5.41) is 108. The molecule has 0 amide bonds. The van der Waals surface area contributed by atoms with Crippen LogP contribution in [0.2, 0.25) is 0 Å². The van der Waals surface area contributed by atoms with Crippen molar-refractivity contribution in [2.75, 3.05) is 0 Å². The number of hydrogen-bond acceptors (Lipinski definition) is 16. The van der Waals surface area contributed by atoms with Gasteiger partial charge in [-0.3, -0.25) is 9.59 Å². The first-order chi connectivity index (χ1) is 30.6. The number of carboxylic acid groups (broad SMARTS) is 1. The van der Waals surface area contributed by atoms with Crippen LogP contribution in [0, 0.1) is 23.7 Å². The molecule has 17 nitrogen and oxygen atoms in total. The fourth-order valence-corrected chi connectivity index (χ4v) is 8.12. The molecule has 2 bridgehead atoms. The number of aliphatic carboxylic acids is 1. The minimum absolute atomic E-state index is 0.0948. The van der Waals surface area contributed by atoms with Gasteiger partial charge in [-0.1, -0.05) is 106 Å². The van der Waals surface area contributed by atoms with Crippen LogP contribution in [0.15, 0.2) is 85.1 Å². The highest BCUT2D eigenvalue weighted by atomic mass is 16.7. The molecule has 19 atom stereocenters. The summed E-state index contributed by atoms with van der Waals surface area (Å²) in [7, 11) is 0. The SMILES string of the molecule is C[C@@H]1[C@H](O)[C@@H](C)/C=C/C=C/C=C/C=C/C=C/C=C/C=C/[C@H](O[C@@H]2O[C@H](C)[C@@H](C)[C@H](N)[C@H]2O)CC2O[C@](O)(C[C@@H](O)C[C@@H](O)[C@H](O)CC[C@@H](O)C[C@@H](O)CC(=O)O[C@H]1C)C[C@H](O)[C@H]2C(=O)O. The number of hydrogen-bond donors (Lipinski definition) is 11. The molecule has 3 rings (SSSR count). The molecule has 65 heavy (non-hydrogen) atoms. The first kappa shape index (κ1) is 55.9. The van der Waals surface area contributed by atoms with Crippen LogP contribution in [-0.4, -0.2) is 154 Å². The molecular formula is C48H75NO16. The Labute approximate surface area is 382 Å². The van der Waals surface area contributed by atoms with Gasteiger partial charge in [0.25, 0.3) is 0 Å². The molecule has 1 unspecified atom stereocenters. The van der Waals surface area contributed by atoms with Crippen molar-refractivity contribution < 1.29 is 79.6 Å². The van der Waals surface area contributed by atoms with Gasteiger partial charge in [0.05, 0.1) is 67.5 Å². The average Bonchev–Trinajstić information content (AvgIpc) is 3.21. The van der Waals surface area contributed by atoms with Gasteiger partial charge in [-0.25, -0.2) is 0 Å². The maximum atomic E-state index is 12.6. The number of rotatable bonds is 3. The zero-order valence-electron chi connectivity index (χ0n) is 38.1. The van der Waals surface area contributed by atoms with Crippen LogP contribution in [0.25, 0.3) is 0 Å². The minimum Gasteiger partial charge on any atom is -0.481 e. The Morgan fingerprint density at radius 3 is 1.82 bits per heavy atom. The van der Waals surface area contributed by atoms with Crippen molar-refractivity contribution in [1.29, 1.82) is 0 Å². The maximum absolute atomic E-state index is 12.6. The molecule has 0 saturated carbocycles. The van der Waals surface area contributed by atoms with Crippen molar-refractivity contribution in [1.82, 2.24) is 0 Å². The fraction of sp³-hybridized carbons (Fsp3) is 0.667. The summed E-state index contributed by atoms with van der Waals surface area (Å²) >= 11 is 0. The Morgan fingerprint density at radius 2 is 1.23 bits per heavy atom. The highest BCUT2D eigenvalue weighted by Crippen LogP contribution is 2.38. The van der Waals surface area contributed by atoms with Crippen LogP contribution in [0.4, 0.5) is 0 Å². The van der Waals surface area contributed by atoms with Crippen LogP contribution in [-0.2, 0) is 28.5 Å². The van der Waals surface area contributed by atoms with Crippen LogP contribution in [0.1, 0.15) is 86.0 Å². The summed E-state index contributed by atoms with van der Waals surface area (Å²) in [5.74, 6) is -6.91. The number of cyclic esters (lactones) is 1. The summed E-state index contributed by atoms with van der Waals surface area (Å²) in [6.07, 6.45) is 6.31. The van der Waals surface area contributed by atoms with Crippen LogP contribution < -0.4 is 5.73 Å². The van der Waals surface area contributed by atoms with Gasteiger partial charge in [-0.2, -0.15) is 0 Å². The van der Waals surface area contributed by atoms with E-state index in [0.29, 0.717) is 0 Å². The van der Waals surface area contributed by atoms with Crippen molar-refractivity contribution in [3.8, 4) is 0 Å². The standard InChI is InChI=1S/C48H75NO16/c1-28-18-16-14-12-10-8-6-7-9-11-13-15-17-19-36(64-47-45(58)43(49)29(2)31(4)63-47)25-40-42(46(59)60)39(55)27-48(61,65-40)26-35(52)23-38(54)37(53)21-20-33(50)22-34(51)24-41(56)62-32(5)30(3)44(28)57/h6-19,28-40,42-45,47,50-55,57-58,61H,20-27,49H2,1-5H3,(H,59,60)/b7-6+,10-8+,11-9+,14-12+,15-13+,18-16+,19-17+/t28-,29+,30-,31+,32-,33+,34+,35-,36-,37+,38+,39-,40?,42+,43-,44+,45+,47-,48+/m0/s1. The lowest BCUT2D eigenvalue weighted by atomic mass is 9.82. The Morgan fingerprint density at radius 1 is 0.662 bits per heavy atom. The second-order valence-electron chi connectivity index (χ2n) is 17.9. The second-order valence-corrected chi connectivity index (χ2v) is 17.9. The lowest BCUT2D eigenvalue weighted by Crippen LogP contribution is -2.58. The number of nitrogens with two attached hydrogens (primary N) is 1.